The Morgan fingerprint density at radius 1 is 0.348 bits per heavy atom. The highest BCUT2D eigenvalue weighted by Gasteiger charge is 2.70. The van der Waals surface area contributed by atoms with Crippen molar-refractivity contribution in [2.75, 3.05) is 28.4 Å². The summed E-state index contributed by atoms with van der Waals surface area (Å²) in [6, 6.07) is 34.1. The number of hydrogen-bond donors (Lipinski definition) is 0. The molecule has 0 bridgehead atoms. The maximum atomic E-state index is 15.5. The van der Waals surface area contributed by atoms with E-state index in [1.54, 1.807) is 111 Å². The Morgan fingerprint density at radius 3 is 0.788 bits per heavy atom. The predicted molar refractivity (Wildman–Crippen MR) is 238 cm³/mol. The van der Waals surface area contributed by atoms with Crippen LogP contribution < -0.4 is 18.9 Å². The second-order valence-corrected chi connectivity index (χ2v) is 16.3. The van der Waals surface area contributed by atoms with Crippen molar-refractivity contribution in [2.24, 2.45) is 0 Å². The highest BCUT2D eigenvalue weighted by molar-refractivity contribution is 6.25. The minimum absolute atomic E-state index is 0.127. The number of fused-ring (bicyclic) bond motifs is 2. The van der Waals surface area contributed by atoms with E-state index in [2.05, 4.69) is 0 Å². The van der Waals surface area contributed by atoms with Crippen LogP contribution >= 0.6 is 0 Å². The first kappa shape index (κ1) is 41.7. The first-order chi connectivity index (χ1) is 32.1. The number of methoxy groups -OCH3 is 4. The van der Waals surface area contributed by atoms with Gasteiger partial charge in [-0.1, -0.05) is 72.8 Å². The second kappa shape index (κ2) is 16.4. The van der Waals surface area contributed by atoms with Gasteiger partial charge in [0.05, 0.1) is 74.9 Å². The quantitative estimate of drug-likeness (QED) is 0.0948. The molecule has 6 aromatic carbocycles. The molecule has 10 rings (SSSR count). The Hall–Kier alpha value is -8.26. The summed E-state index contributed by atoms with van der Waals surface area (Å²) in [6.45, 7) is 0. The van der Waals surface area contributed by atoms with Crippen LogP contribution in [0.5, 0.6) is 23.0 Å². The van der Waals surface area contributed by atoms with Gasteiger partial charge in [0.25, 0.3) is 23.6 Å². The highest BCUT2D eigenvalue weighted by Crippen LogP contribution is 2.51. The zero-order chi connectivity index (χ0) is 46.0. The minimum atomic E-state index is -1.48. The van der Waals surface area contributed by atoms with Crippen LogP contribution in [-0.4, -0.2) is 108 Å². The zero-order valence-electron chi connectivity index (χ0n) is 36.2. The van der Waals surface area contributed by atoms with Crippen molar-refractivity contribution < 1.29 is 47.7 Å². The molecule has 2 fully saturated rings. The van der Waals surface area contributed by atoms with E-state index >= 15 is 9.59 Å². The molecular weight excluding hydrogens is 841 g/mol. The summed E-state index contributed by atoms with van der Waals surface area (Å²) in [5.41, 5.74) is 3.05. The van der Waals surface area contributed by atoms with E-state index in [0.29, 0.717) is 45.3 Å². The van der Waals surface area contributed by atoms with E-state index in [4.69, 9.17) is 18.9 Å². The molecule has 4 heterocycles. The van der Waals surface area contributed by atoms with Gasteiger partial charge in [-0.15, -0.1) is 0 Å². The van der Waals surface area contributed by atoms with Gasteiger partial charge in [0.2, 0.25) is 11.8 Å². The maximum Gasteiger partial charge on any atom is 0.262 e. The lowest BCUT2D eigenvalue weighted by Crippen LogP contribution is -2.85. The molecule has 6 amide bonds. The van der Waals surface area contributed by atoms with Gasteiger partial charge in [-0.25, -0.2) is 0 Å². The molecule has 2 saturated heterocycles. The second-order valence-electron chi connectivity index (χ2n) is 16.3. The van der Waals surface area contributed by atoms with Gasteiger partial charge in [0, 0.05) is 0 Å². The number of benzene rings is 6. The van der Waals surface area contributed by atoms with E-state index in [1.165, 1.54) is 24.3 Å². The molecule has 0 aromatic heterocycles. The van der Waals surface area contributed by atoms with Crippen LogP contribution in [0.15, 0.2) is 146 Å². The van der Waals surface area contributed by atoms with Crippen LogP contribution in [-0.2, 0) is 9.59 Å². The number of ether oxygens (including phenoxy) is 4. The minimum Gasteiger partial charge on any atom is -0.497 e. The van der Waals surface area contributed by atoms with Crippen molar-refractivity contribution in [3.63, 3.8) is 0 Å². The molecular formula is C52H42N4O10. The van der Waals surface area contributed by atoms with Gasteiger partial charge in [0.1, 0.15) is 35.1 Å². The SMILES string of the molecule is COc1ccc(C(c2ccc(OC)cc2)N2C(=O)[C@@H](N3C(=O)c4ccccc4C3=O)[C@H]2[C@@H]2[C@H](N3C(=O)c4ccccc4C3=O)C(=O)N2C(c2ccc(OC)cc2)c2ccc(OC)cc2)cc1. The molecule has 14 nitrogen and oxygen atoms in total. The van der Waals surface area contributed by atoms with E-state index in [-0.39, 0.29) is 22.3 Å². The molecule has 0 aliphatic carbocycles. The molecule has 0 radical (unpaired) electrons. The average Bonchev–Trinajstić information content (AvgIpc) is 3.76. The third-order valence-electron chi connectivity index (χ3n) is 13.1. The van der Waals surface area contributed by atoms with Crippen molar-refractivity contribution in [2.45, 2.75) is 36.3 Å². The van der Waals surface area contributed by atoms with Crippen LogP contribution in [0.25, 0.3) is 0 Å². The average molecular weight is 883 g/mol. The van der Waals surface area contributed by atoms with Crippen molar-refractivity contribution in [1.82, 2.24) is 19.6 Å². The summed E-state index contributed by atoms with van der Waals surface area (Å²) in [7, 11) is 6.17. The monoisotopic (exact) mass is 882 g/mol. The molecule has 0 spiro atoms. The van der Waals surface area contributed by atoms with Gasteiger partial charge in [-0.05, 0) is 95.1 Å². The van der Waals surface area contributed by atoms with Crippen LogP contribution in [0.3, 0.4) is 0 Å². The number of β-lactam (4-membered cyclic amide) rings is 2. The smallest absolute Gasteiger partial charge is 0.262 e. The Morgan fingerprint density at radius 2 is 0.576 bits per heavy atom. The molecule has 0 N–H and O–H groups in total. The molecule has 14 heteroatoms. The summed E-state index contributed by atoms with van der Waals surface area (Å²) in [6.07, 6.45) is 0. The van der Waals surface area contributed by atoms with Gasteiger partial charge < -0.3 is 28.7 Å². The lowest BCUT2D eigenvalue weighted by Gasteiger charge is -2.63. The fourth-order valence-corrected chi connectivity index (χ4v) is 9.95. The molecule has 66 heavy (non-hydrogen) atoms. The maximum absolute atomic E-state index is 15.5. The fourth-order valence-electron chi connectivity index (χ4n) is 9.95. The zero-order valence-corrected chi connectivity index (χ0v) is 36.2. The summed E-state index contributed by atoms with van der Waals surface area (Å²) in [5.74, 6) is -1.65. The summed E-state index contributed by atoms with van der Waals surface area (Å²) in [5, 5.41) is 0. The number of carbonyl (C=O) groups excluding carboxylic acids is 6. The molecule has 0 unspecified atom stereocenters. The molecule has 330 valence electrons. The third kappa shape index (κ3) is 6.38. The van der Waals surface area contributed by atoms with E-state index < -0.39 is 71.7 Å². The predicted octanol–water partition coefficient (Wildman–Crippen LogP) is 6.35. The number of carbonyl (C=O) groups is 6. The molecule has 4 aliphatic rings. The molecule has 4 aliphatic heterocycles. The number of imide groups is 2. The Labute approximate surface area is 379 Å². The van der Waals surface area contributed by atoms with Crippen LogP contribution in [0.2, 0.25) is 0 Å². The Balaban J connectivity index is 1.21. The van der Waals surface area contributed by atoms with Crippen LogP contribution in [0.1, 0.15) is 75.8 Å². The molecule has 4 atom stereocenters. The number of hydrogen-bond acceptors (Lipinski definition) is 10. The largest absolute Gasteiger partial charge is 0.497 e. The number of nitrogens with zero attached hydrogens (tertiary/aromatic N) is 4. The van der Waals surface area contributed by atoms with Gasteiger partial charge in [-0.2, -0.15) is 0 Å². The van der Waals surface area contributed by atoms with Gasteiger partial charge in [0.15, 0.2) is 0 Å². The number of amides is 6. The lowest BCUT2D eigenvalue weighted by atomic mass is 9.73. The number of rotatable bonds is 13. The van der Waals surface area contributed by atoms with Crippen molar-refractivity contribution in [1.29, 1.82) is 0 Å². The van der Waals surface area contributed by atoms with Crippen molar-refractivity contribution in [3.05, 3.63) is 190 Å². The van der Waals surface area contributed by atoms with Crippen LogP contribution in [0.4, 0.5) is 0 Å². The summed E-state index contributed by atoms with van der Waals surface area (Å²) in [4.78, 5) is 94.3. The van der Waals surface area contributed by atoms with E-state index in [0.717, 1.165) is 9.80 Å². The lowest BCUT2D eigenvalue weighted by molar-refractivity contribution is -0.186. The van der Waals surface area contributed by atoms with E-state index in [1.807, 2.05) is 48.5 Å². The standard InChI is InChI=1S/C52H42N4O10/c1-63-33-21-13-29(14-22-33)41(30-15-23-34(64-2)24-16-30)53-43(45(51(53)61)55-47(57)37-9-5-6-10-38(37)48(55)58)44-46(56-49(59)39-11-7-8-12-40(39)50(56)60)52(62)54(44)42(31-17-25-35(65-3)26-18-31)32-19-27-36(66-4)28-20-32/h5-28,41-46H,1-4H3/t43-,44-,45+,46+/m1/s1. The molecule has 0 saturated carbocycles. The number of likely N-dealkylation sites (tertiary alicyclic amines) is 2. The fraction of sp³-hybridized carbons (Fsp3) is 0.192. The first-order valence-electron chi connectivity index (χ1n) is 21.2. The van der Waals surface area contributed by atoms with Gasteiger partial charge >= 0.3 is 0 Å². The topological polar surface area (TPSA) is 152 Å². The highest BCUT2D eigenvalue weighted by atomic mass is 16.5. The third-order valence-corrected chi connectivity index (χ3v) is 13.1. The first-order valence-corrected chi connectivity index (χ1v) is 21.2. The van der Waals surface area contributed by atoms with Crippen molar-refractivity contribution in [3.8, 4) is 23.0 Å². The van der Waals surface area contributed by atoms with E-state index in [9.17, 15) is 19.2 Å². The normalized spacial score (nSPS) is 19.8. The Kier molecular flexibility index (Phi) is 10.4. The summed E-state index contributed by atoms with van der Waals surface area (Å²) >= 11 is 0. The van der Waals surface area contributed by atoms with Gasteiger partial charge in [-0.3, -0.25) is 38.6 Å². The van der Waals surface area contributed by atoms with Crippen LogP contribution in [0, 0.1) is 0 Å². The van der Waals surface area contributed by atoms with Crippen molar-refractivity contribution >= 4 is 35.4 Å². The summed E-state index contributed by atoms with van der Waals surface area (Å²) < 4.78 is 22.0. The Bertz CT molecular complexity index is 2570. The molecule has 6 aromatic rings.